The van der Waals surface area contributed by atoms with E-state index in [0.29, 0.717) is 15.5 Å². The van der Waals surface area contributed by atoms with E-state index >= 15 is 0 Å². The van der Waals surface area contributed by atoms with Gasteiger partial charge in [0.2, 0.25) is 6.10 Å². The number of carbonyl (C=O) groups is 2. The second kappa shape index (κ2) is 8.50. The van der Waals surface area contributed by atoms with Crippen molar-refractivity contribution in [3.63, 3.8) is 0 Å². The lowest BCUT2D eigenvalue weighted by atomic mass is 9.95. The van der Waals surface area contributed by atoms with Gasteiger partial charge in [0.1, 0.15) is 4.88 Å². The highest BCUT2D eigenvalue weighted by Gasteiger charge is 2.28. The Hall–Kier alpha value is -1.85. The molecule has 132 valence electrons. The number of halogens is 1. The first-order valence-electron chi connectivity index (χ1n) is 8.44. The molecule has 25 heavy (non-hydrogen) atoms. The summed E-state index contributed by atoms with van der Waals surface area (Å²) in [5.74, 6) is -0.770. The van der Waals surface area contributed by atoms with Gasteiger partial charge in [-0.05, 0) is 36.4 Å². The van der Waals surface area contributed by atoms with Gasteiger partial charge in [0, 0.05) is 16.6 Å². The van der Waals surface area contributed by atoms with Gasteiger partial charge in [0.25, 0.3) is 5.91 Å². The van der Waals surface area contributed by atoms with E-state index < -0.39 is 12.1 Å². The zero-order valence-corrected chi connectivity index (χ0v) is 15.3. The Balaban J connectivity index is 1.76. The van der Waals surface area contributed by atoms with Crippen LogP contribution in [0.25, 0.3) is 0 Å². The van der Waals surface area contributed by atoms with E-state index in [1.165, 1.54) is 17.8 Å². The summed E-state index contributed by atoms with van der Waals surface area (Å²) in [4.78, 5) is 25.6. The molecular formula is C19H20ClNO3S. The lowest BCUT2D eigenvalue weighted by Gasteiger charge is -2.25. The number of hydrogen-bond acceptors (Lipinski definition) is 4. The van der Waals surface area contributed by atoms with Gasteiger partial charge in [-0.3, -0.25) is 4.79 Å². The largest absolute Gasteiger partial charge is 0.443 e. The highest BCUT2D eigenvalue weighted by Crippen LogP contribution is 2.24. The average molecular weight is 378 g/mol. The SMILES string of the molecule is O=C(O[C@@H](C(=O)NC1CCCCC1)c1ccc(Cl)cc1)c1cccs1. The molecule has 1 aliphatic carbocycles. The Morgan fingerprint density at radius 2 is 1.84 bits per heavy atom. The molecule has 1 atom stereocenters. The van der Waals surface area contributed by atoms with Crippen LogP contribution in [0.2, 0.25) is 5.02 Å². The van der Waals surface area contributed by atoms with Gasteiger partial charge in [-0.1, -0.05) is 49.1 Å². The maximum Gasteiger partial charge on any atom is 0.349 e. The van der Waals surface area contributed by atoms with E-state index in [1.807, 2.05) is 0 Å². The van der Waals surface area contributed by atoms with Crippen LogP contribution >= 0.6 is 22.9 Å². The Kier molecular flexibility index (Phi) is 6.10. The van der Waals surface area contributed by atoms with E-state index in [4.69, 9.17) is 16.3 Å². The predicted molar refractivity (Wildman–Crippen MR) is 98.9 cm³/mol. The molecule has 6 heteroatoms. The zero-order chi connectivity index (χ0) is 17.6. The monoisotopic (exact) mass is 377 g/mol. The van der Waals surface area contributed by atoms with Crippen LogP contribution in [-0.2, 0) is 9.53 Å². The molecule has 1 aliphatic rings. The minimum atomic E-state index is -0.978. The highest BCUT2D eigenvalue weighted by atomic mass is 35.5. The van der Waals surface area contributed by atoms with Crippen molar-refractivity contribution in [3.8, 4) is 0 Å². The van der Waals surface area contributed by atoms with Crippen molar-refractivity contribution in [2.24, 2.45) is 0 Å². The fraction of sp³-hybridized carbons (Fsp3) is 0.368. The molecule has 0 saturated heterocycles. The summed E-state index contributed by atoms with van der Waals surface area (Å²) in [5, 5.41) is 5.41. The summed E-state index contributed by atoms with van der Waals surface area (Å²) in [6.45, 7) is 0. The Morgan fingerprint density at radius 3 is 2.48 bits per heavy atom. The van der Waals surface area contributed by atoms with Crippen molar-refractivity contribution in [2.45, 2.75) is 44.2 Å². The topological polar surface area (TPSA) is 55.4 Å². The van der Waals surface area contributed by atoms with E-state index in [0.717, 1.165) is 25.7 Å². The van der Waals surface area contributed by atoms with Crippen LogP contribution < -0.4 is 5.32 Å². The lowest BCUT2D eigenvalue weighted by molar-refractivity contribution is -0.131. The van der Waals surface area contributed by atoms with Gasteiger partial charge in [0.05, 0.1) is 0 Å². The van der Waals surface area contributed by atoms with Crippen LogP contribution in [0, 0.1) is 0 Å². The third kappa shape index (κ3) is 4.83. The summed E-state index contributed by atoms with van der Waals surface area (Å²) < 4.78 is 5.54. The molecule has 0 unspecified atom stereocenters. The molecule has 1 fully saturated rings. The Bertz CT molecular complexity index is 709. The fourth-order valence-electron chi connectivity index (χ4n) is 2.99. The van der Waals surface area contributed by atoms with E-state index in [-0.39, 0.29) is 11.9 Å². The standard InChI is InChI=1S/C19H20ClNO3S/c20-14-10-8-13(9-11-14)17(24-19(23)16-7-4-12-25-16)18(22)21-15-5-2-1-3-6-15/h4,7-12,15,17H,1-3,5-6H2,(H,21,22)/t17-/m1/s1. The minimum Gasteiger partial charge on any atom is -0.443 e. The molecule has 1 aromatic heterocycles. The molecule has 1 amide bonds. The molecule has 3 rings (SSSR count). The summed E-state index contributed by atoms with van der Waals surface area (Å²) in [7, 11) is 0. The molecule has 2 aromatic rings. The van der Waals surface area contributed by atoms with E-state index in [1.54, 1.807) is 41.8 Å². The number of amides is 1. The van der Waals surface area contributed by atoms with Crippen molar-refractivity contribution in [1.82, 2.24) is 5.32 Å². The molecular weight excluding hydrogens is 358 g/mol. The predicted octanol–water partition coefficient (Wildman–Crippen LogP) is 4.75. The quantitative estimate of drug-likeness (QED) is 0.765. The second-order valence-electron chi connectivity index (χ2n) is 6.16. The van der Waals surface area contributed by atoms with Crippen molar-refractivity contribution >= 4 is 34.8 Å². The maximum atomic E-state index is 12.8. The van der Waals surface area contributed by atoms with Crippen LogP contribution in [0.3, 0.4) is 0 Å². The van der Waals surface area contributed by atoms with Gasteiger partial charge in [0.15, 0.2) is 0 Å². The molecule has 1 saturated carbocycles. The number of ether oxygens (including phenoxy) is 1. The molecule has 1 aromatic carbocycles. The first kappa shape index (κ1) is 18.0. The molecule has 1 N–H and O–H groups in total. The second-order valence-corrected chi connectivity index (χ2v) is 7.54. The van der Waals surface area contributed by atoms with Crippen LogP contribution in [0.15, 0.2) is 41.8 Å². The van der Waals surface area contributed by atoms with Crippen molar-refractivity contribution in [1.29, 1.82) is 0 Å². The van der Waals surface area contributed by atoms with E-state index in [2.05, 4.69) is 5.32 Å². The van der Waals surface area contributed by atoms with Crippen molar-refractivity contribution in [3.05, 3.63) is 57.2 Å². The van der Waals surface area contributed by atoms with Gasteiger partial charge >= 0.3 is 5.97 Å². The molecule has 0 spiro atoms. The molecule has 0 bridgehead atoms. The van der Waals surface area contributed by atoms with Crippen LogP contribution in [0.4, 0.5) is 0 Å². The van der Waals surface area contributed by atoms with Gasteiger partial charge in [-0.2, -0.15) is 0 Å². The smallest absolute Gasteiger partial charge is 0.349 e. The van der Waals surface area contributed by atoms with Crippen LogP contribution in [0.5, 0.6) is 0 Å². The Morgan fingerprint density at radius 1 is 1.12 bits per heavy atom. The van der Waals surface area contributed by atoms with Gasteiger partial charge < -0.3 is 10.1 Å². The average Bonchev–Trinajstić information content (AvgIpc) is 3.16. The number of esters is 1. The highest BCUT2D eigenvalue weighted by molar-refractivity contribution is 7.11. The fourth-order valence-corrected chi connectivity index (χ4v) is 3.73. The van der Waals surface area contributed by atoms with Gasteiger partial charge in [-0.25, -0.2) is 4.79 Å². The third-order valence-corrected chi connectivity index (χ3v) is 5.41. The molecule has 1 heterocycles. The van der Waals surface area contributed by atoms with Gasteiger partial charge in [-0.15, -0.1) is 11.3 Å². The molecule has 0 aliphatic heterocycles. The number of nitrogens with one attached hydrogen (secondary N) is 1. The number of hydrogen-bond donors (Lipinski definition) is 1. The maximum absolute atomic E-state index is 12.8. The number of benzene rings is 1. The zero-order valence-electron chi connectivity index (χ0n) is 13.7. The summed E-state index contributed by atoms with van der Waals surface area (Å²) in [6.07, 6.45) is 4.40. The number of carbonyl (C=O) groups excluding carboxylic acids is 2. The summed E-state index contributed by atoms with van der Waals surface area (Å²) >= 11 is 7.22. The third-order valence-electron chi connectivity index (χ3n) is 4.31. The number of rotatable bonds is 5. The molecule has 0 radical (unpaired) electrons. The normalized spacial score (nSPS) is 16.2. The Labute approximate surface area is 156 Å². The van der Waals surface area contributed by atoms with E-state index in [9.17, 15) is 9.59 Å². The van der Waals surface area contributed by atoms with Crippen LogP contribution in [-0.4, -0.2) is 17.9 Å². The summed E-state index contributed by atoms with van der Waals surface area (Å²) in [5.41, 5.74) is 0.614. The number of thiophene rings is 1. The van der Waals surface area contributed by atoms with Crippen LogP contribution in [0.1, 0.15) is 53.4 Å². The first-order chi connectivity index (χ1) is 12.1. The molecule has 4 nitrogen and oxygen atoms in total. The van der Waals surface area contributed by atoms with Crippen molar-refractivity contribution < 1.29 is 14.3 Å². The summed E-state index contributed by atoms with van der Waals surface area (Å²) in [6, 6.07) is 10.4. The first-order valence-corrected chi connectivity index (χ1v) is 9.69. The van der Waals surface area contributed by atoms with Crippen molar-refractivity contribution in [2.75, 3.05) is 0 Å². The minimum absolute atomic E-state index is 0.150. The lowest BCUT2D eigenvalue weighted by Crippen LogP contribution is -2.40.